The number of nitrogens with one attached hydrogen (secondary N) is 1. The fraction of sp³-hybridized carbons (Fsp3) is 0.667. The van der Waals surface area contributed by atoms with Crippen molar-refractivity contribution < 1.29 is 13.9 Å². The molecule has 1 aromatic carbocycles. The van der Waals surface area contributed by atoms with Crippen LogP contribution in [0.25, 0.3) is 0 Å². The van der Waals surface area contributed by atoms with E-state index in [1.807, 2.05) is 20.2 Å². The van der Waals surface area contributed by atoms with Gasteiger partial charge >= 0.3 is 0 Å². The summed E-state index contributed by atoms with van der Waals surface area (Å²) >= 11 is 0. The second-order valence-corrected chi connectivity index (χ2v) is 7.64. The van der Waals surface area contributed by atoms with Gasteiger partial charge in [0.2, 0.25) is 0 Å². The van der Waals surface area contributed by atoms with Crippen LogP contribution in [0.2, 0.25) is 0 Å². The summed E-state index contributed by atoms with van der Waals surface area (Å²) in [5.74, 6) is 0.671. The van der Waals surface area contributed by atoms with Crippen molar-refractivity contribution in [1.82, 2.24) is 15.1 Å². The van der Waals surface area contributed by atoms with Crippen LogP contribution in [0.1, 0.15) is 31.4 Å². The van der Waals surface area contributed by atoms with Crippen LogP contribution in [0.5, 0.6) is 0 Å². The van der Waals surface area contributed by atoms with E-state index in [9.17, 15) is 4.39 Å². The maximum Gasteiger partial charge on any atom is 0.194 e. The van der Waals surface area contributed by atoms with Crippen LogP contribution < -0.4 is 5.32 Å². The molecule has 156 valence electrons. The van der Waals surface area contributed by atoms with Gasteiger partial charge in [0.25, 0.3) is 0 Å². The van der Waals surface area contributed by atoms with E-state index in [2.05, 4.69) is 22.0 Å². The van der Waals surface area contributed by atoms with E-state index >= 15 is 0 Å². The Morgan fingerprint density at radius 1 is 1.32 bits per heavy atom. The van der Waals surface area contributed by atoms with Gasteiger partial charge < -0.3 is 24.6 Å². The average Bonchev–Trinajstić information content (AvgIpc) is 3.22. The first-order valence-corrected chi connectivity index (χ1v) is 10.3. The number of benzene rings is 1. The molecule has 1 N–H and O–H groups in total. The summed E-state index contributed by atoms with van der Waals surface area (Å²) in [4.78, 5) is 9.24. The Kier molecular flexibility index (Phi) is 7.65. The molecule has 3 rings (SSSR count). The van der Waals surface area contributed by atoms with Crippen LogP contribution in [0.15, 0.2) is 29.3 Å². The summed E-state index contributed by atoms with van der Waals surface area (Å²) in [6.45, 7) is 6.52. The van der Waals surface area contributed by atoms with Gasteiger partial charge in [-0.1, -0.05) is 12.1 Å². The van der Waals surface area contributed by atoms with Gasteiger partial charge in [-0.2, -0.15) is 0 Å². The molecule has 0 spiro atoms. The maximum atomic E-state index is 13.7. The molecule has 7 heteroatoms. The zero-order valence-electron chi connectivity index (χ0n) is 17.2. The number of ether oxygens (including phenoxy) is 2. The molecule has 0 saturated carbocycles. The molecule has 2 heterocycles. The van der Waals surface area contributed by atoms with Crippen LogP contribution >= 0.6 is 0 Å². The number of nitrogens with zero attached hydrogens (tertiary/aromatic N) is 3. The summed E-state index contributed by atoms with van der Waals surface area (Å²) < 4.78 is 25.5. The molecule has 0 aromatic heterocycles. The predicted octanol–water partition coefficient (Wildman–Crippen LogP) is 2.27. The van der Waals surface area contributed by atoms with E-state index in [1.165, 1.54) is 6.07 Å². The van der Waals surface area contributed by atoms with E-state index in [1.54, 1.807) is 12.1 Å². The summed E-state index contributed by atoms with van der Waals surface area (Å²) in [5, 5.41) is 3.41. The first kappa shape index (κ1) is 21.0. The topological polar surface area (TPSA) is 49.3 Å². The summed E-state index contributed by atoms with van der Waals surface area (Å²) in [6.07, 6.45) is 2.45. The first-order chi connectivity index (χ1) is 13.6. The minimum absolute atomic E-state index is 0.0133. The molecular weight excluding hydrogens is 359 g/mol. The second kappa shape index (κ2) is 10.2. The van der Waals surface area contributed by atoms with Gasteiger partial charge in [-0.25, -0.2) is 4.39 Å². The average molecular weight is 393 g/mol. The molecule has 2 aliphatic rings. The van der Waals surface area contributed by atoms with Crippen molar-refractivity contribution in [3.63, 3.8) is 0 Å². The van der Waals surface area contributed by atoms with Gasteiger partial charge in [0.05, 0.1) is 25.3 Å². The Balaban J connectivity index is 1.71. The van der Waals surface area contributed by atoms with Crippen LogP contribution in [0, 0.1) is 5.82 Å². The molecule has 3 unspecified atom stereocenters. The van der Waals surface area contributed by atoms with Gasteiger partial charge in [-0.05, 0) is 51.6 Å². The van der Waals surface area contributed by atoms with Crippen molar-refractivity contribution in [1.29, 1.82) is 0 Å². The zero-order valence-corrected chi connectivity index (χ0v) is 17.2. The fourth-order valence-corrected chi connectivity index (χ4v) is 3.87. The number of aliphatic imine (C=N–C) groups is 1. The molecule has 6 nitrogen and oxygen atoms in total. The van der Waals surface area contributed by atoms with Gasteiger partial charge in [0, 0.05) is 26.2 Å². The van der Waals surface area contributed by atoms with Crippen LogP contribution in [0.3, 0.4) is 0 Å². The Hall–Kier alpha value is -1.70. The summed E-state index contributed by atoms with van der Waals surface area (Å²) in [7, 11) is 4.00. The Bertz CT molecular complexity index is 649. The van der Waals surface area contributed by atoms with E-state index in [-0.39, 0.29) is 24.1 Å². The van der Waals surface area contributed by atoms with Crippen molar-refractivity contribution in [2.24, 2.45) is 4.99 Å². The highest BCUT2D eigenvalue weighted by molar-refractivity contribution is 5.80. The zero-order chi connectivity index (χ0) is 19.9. The van der Waals surface area contributed by atoms with E-state index < -0.39 is 0 Å². The number of guanidine groups is 1. The fourth-order valence-electron chi connectivity index (χ4n) is 3.87. The second-order valence-electron chi connectivity index (χ2n) is 7.64. The van der Waals surface area contributed by atoms with Gasteiger partial charge in [0.1, 0.15) is 11.9 Å². The van der Waals surface area contributed by atoms with Gasteiger partial charge in [-0.3, -0.25) is 4.99 Å². The molecule has 2 aliphatic heterocycles. The number of hydrogen-bond donors (Lipinski definition) is 1. The number of rotatable bonds is 6. The molecule has 0 radical (unpaired) electrons. The third-order valence-corrected chi connectivity index (χ3v) is 5.38. The Morgan fingerprint density at radius 2 is 2.14 bits per heavy atom. The minimum Gasteiger partial charge on any atom is -0.375 e. The molecule has 0 bridgehead atoms. The molecule has 0 amide bonds. The minimum atomic E-state index is -0.215. The standard InChI is InChI=1S/C21H33FN4O2/c1-4-23-21(26-10-12-28-20(15-26)19-9-6-11-27-19)24-14-18(25(2)3)16-7-5-8-17(22)13-16/h5,7-8,13,18-20H,4,6,9-12,14-15H2,1-3H3,(H,23,24). The van der Waals surface area contributed by atoms with Crippen LogP contribution in [-0.2, 0) is 9.47 Å². The molecule has 3 atom stereocenters. The van der Waals surface area contributed by atoms with E-state index in [0.29, 0.717) is 13.2 Å². The molecule has 2 saturated heterocycles. The van der Waals surface area contributed by atoms with E-state index in [4.69, 9.17) is 14.5 Å². The first-order valence-electron chi connectivity index (χ1n) is 10.3. The highest BCUT2D eigenvalue weighted by Crippen LogP contribution is 2.22. The summed E-state index contributed by atoms with van der Waals surface area (Å²) in [6, 6.07) is 6.79. The maximum absolute atomic E-state index is 13.7. The quantitative estimate of drug-likeness (QED) is 0.595. The smallest absolute Gasteiger partial charge is 0.194 e. The molecule has 2 fully saturated rings. The highest BCUT2D eigenvalue weighted by Gasteiger charge is 2.32. The number of hydrogen-bond acceptors (Lipinski definition) is 4. The van der Waals surface area contributed by atoms with Crippen molar-refractivity contribution in [3.8, 4) is 0 Å². The lowest BCUT2D eigenvalue weighted by Crippen LogP contribution is -2.53. The summed E-state index contributed by atoms with van der Waals surface area (Å²) in [5.41, 5.74) is 0.934. The lowest BCUT2D eigenvalue weighted by atomic mass is 10.1. The Labute approximate surface area is 167 Å². The number of morpholine rings is 1. The van der Waals surface area contributed by atoms with Crippen molar-refractivity contribution >= 4 is 5.96 Å². The molecular formula is C21H33FN4O2. The molecule has 1 aromatic rings. The van der Waals surface area contributed by atoms with Crippen molar-refractivity contribution in [2.45, 2.75) is 38.0 Å². The normalized spacial score (nSPS) is 24.6. The van der Waals surface area contributed by atoms with Crippen molar-refractivity contribution in [2.75, 3.05) is 53.5 Å². The highest BCUT2D eigenvalue weighted by atomic mass is 19.1. The third-order valence-electron chi connectivity index (χ3n) is 5.38. The predicted molar refractivity (Wildman–Crippen MR) is 109 cm³/mol. The Morgan fingerprint density at radius 3 is 2.82 bits per heavy atom. The number of halogens is 1. The van der Waals surface area contributed by atoms with E-state index in [0.717, 1.165) is 50.6 Å². The van der Waals surface area contributed by atoms with Crippen LogP contribution in [0.4, 0.5) is 4.39 Å². The van der Waals surface area contributed by atoms with Crippen LogP contribution in [-0.4, -0.2) is 81.5 Å². The monoisotopic (exact) mass is 392 g/mol. The molecule has 0 aliphatic carbocycles. The lowest BCUT2D eigenvalue weighted by molar-refractivity contribution is -0.0817. The third kappa shape index (κ3) is 5.43. The number of likely N-dealkylation sites (N-methyl/N-ethyl adjacent to an activating group) is 1. The van der Waals surface area contributed by atoms with Gasteiger partial charge in [-0.15, -0.1) is 0 Å². The largest absolute Gasteiger partial charge is 0.375 e. The van der Waals surface area contributed by atoms with Gasteiger partial charge in [0.15, 0.2) is 5.96 Å². The molecule has 28 heavy (non-hydrogen) atoms. The van der Waals surface area contributed by atoms with Crippen molar-refractivity contribution in [3.05, 3.63) is 35.6 Å². The lowest BCUT2D eigenvalue weighted by Gasteiger charge is -2.37. The SMILES string of the molecule is CCNC(=NCC(c1cccc(F)c1)N(C)C)N1CCOC(C2CCCO2)C1.